The van der Waals surface area contributed by atoms with Crippen molar-refractivity contribution in [3.8, 4) is 56.5 Å². The van der Waals surface area contributed by atoms with Crippen molar-refractivity contribution in [3.05, 3.63) is 137 Å². The molecule has 4 aromatic carbocycles. The van der Waals surface area contributed by atoms with E-state index in [4.69, 9.17) is 15.0 Å². The monoisotopic (exact) mass is 670 g/mol. The van der Waals surface area contributed by atoms with Crippen LogP contribution in [0.5, 0.6) is 5.75 Å². The second-order valence-electron chi connectivity index (χ2n) is 15.8. The van der Waals surface area contributed by atoms with Gasteiger partial charge < -0.3 is 5.11 Å². The first-order valence-corrected chi connectivity index (χ1v) is 17.7. The number of aromatic hydroxyl groups is 1. The van der Waals surface area contributed by atoms with Gasteiger partial charge in [-0.15, -0.1) is 0 Å². The lowest BCUT2D eigenvalue weighted by Gasteiger charge is -2.26. The number of pyridine rings is 2. The van der Waals surface area contributed by atoms with E-state index in [2.05, 4.69) is 140 Å². The van der Waals surface area contributed by atoms with Crippen LogP contribution >= 0.6 is 0 Å². The SMILES string of the molecule is Cc1cc(C)c(-c2cc(-c3ccccn3)cc(-c3cccc4c3nc(-c3nc(C(C)(C)C)cc(C(C)(C)C)c3O)n4-c3ccccc3)c2)c(C)c1. The Morgan fingerprint density at radius 3 is 1.94 bits per heavy atom. The maximum absolute atomic E-state index is 12.0. The molecule has 256 valence electrons. The Morgan fingerprint density at radius 1 is 0.627 bits per heavy atom. The van der Waals surface area contributed by atoms with Crippen LogP contribution in [0.1, 0.15) is 69.5 Å². The summed E-state index contributed by atoms with van der Waals surface area (Å²) in [6.45, 7) is 19.4. The van der Waals surface area contributed by atoms with E-state index < -0.39 is 0 Å². The molecule has 0 saturated carbocycles. The van der Waals surface area contributed by atoms with Crippen LogP contribution in [-0.2, 0) is 10.8 Å². The highest BCUT2D eigenvalue weighted by molar-refractivity contribution is 5.97. The molecule has 0 aliphatic carbocycles. The van der Waals surface area contributed by atoms with Crippen molar-refractivity contribution < 1.29 is 5.11 Å². The van der Waals surface area contributed by atoms with Gasteiger partial charge in [0.05, 0.1) is 16.7 Å². The Morgan fingerprint density at radius 2 is 1.29 bits per heavy atom. The molecule has 0 atom stereocenters. The lowest BCUT2D eigenvalue weighted by Crippen LogP contribution is -2.19. The van der Waals surface area contributed by atoms with Crippen LogP contribution in [-0.4, -0.2) is 24.6 Å². The van der Waals surface area contributed by atoms with E-state index in [0.29, 0.717) is 11.5 Å². The fourth-order valence-electron chi connectivity index (χ4n) is 7.22. The molecular weight excluding hydrogens is 625 g/mol. The molecule has 0 radical (unpaired) electrons. The van der Waals surface area contributed by atoms with Crippen molar-refractivity contribution >= 4 is 11.0 Å². The highest BCUT2D eigenvalue weighted by Crippen LogP contribution is 2.43. The first-order chi connectivity index (χ1) is 24.2. The number of aryl methyl sites for hydroxylation is 3. The summed E-state index contributed by atoms with van der Waals surface area (Å²) in [6, 6.07) is 35.9. The minimum atomic E-state index is -0.314. The highest BCUT2D eigenvalue weighted by atomic mass is 16.3. The molecule has 1 N–H and O–H groups in total. The number of para-hydroxylation sites is 2. The number of imidazole rings is 1. The van der Waals surface area contributed by atoms with Gasteiger partial charge >= 0.3 is 0 Å². The largest absolute Gasteiger partial charge is 0.505 e. The van der Waals surface area contributed by atoms with E-state index in [9.17, 15) is 5.11 Å². The third kappa shape index (κ3) is 6.33. The second kappa shape index (κ2) is 12.6. The van der Waals surface area contributed by atoms with Crippen molar-refractivity contribution in [3.63, 3.8) is 0 Å². The fraction of sp³-hybridized carbons (Fsp3) is 0.239. The van der Waals surface area contributed by atoms with Crippen LogP contribution in [0.15, 0.2) is 109 Å². The average molecular weight is 671 g/mol. The Bertz CT molecular complexity index is 2390. The van der Waals surface area contributed by atoms with Crippen LogP contribution in [0.2, 0.25) is 0 Å². The van der Waals surface area contributed by atoms with E-state index in [1.807, 2.05) is 36.5 Å². The average Bonchev–Trinajstić information content (AvgIpc) is 3.47. The number of benzene rings is 4. The molecule has 0 bridgehead atoms. The van der Waals surface area contributed by atoms with Gasteiger partial charge in [0.1, 0.15) is 11.4 Å². The van der Waals surface area contributed by atoms with E-state index in [-0.39, 0.29) is 16.6 Å². The predicted molar refractivity (Wildman–Crippen MR) is 212 cm³/mol. The molecule has 0 saturated heterocycles. The predicted octanol–water partition coefficient (Wildman–Crippen LogP) is 11.7. The molecule has 51 heavy (non-hydrogen) atoms. The van der Waals surface area contributed by atoms with Gasteiger partial charge in [-0.1, -0.05) is 95.6 Å². The summed E-state index contributed by atoms with van der Waals surface area (Å²) in [5.41, 5.74) is 14.4. The molecule has 3 aromatic heterocycles. The van der Waals surface area contributed by atoms with Gasteiger partial charge in [0.15, 0.2) is 5.82 Å². The van der Waals surface area contributed by atoms with Crippen LogP contribution in [0, 0.1) is 20.8 Å². The normalized spacial score (nSPS) is 12.1. The van der Waals surface area contributed by atoms with Gasteiger partial charge in [-0.3, -0.25) is 9.55 Å². The van der Waals surface area contributed by atoms with Gasteiger partial charge in [-0.2, -0.15) is 0 Å². The topological polar surface area (TPSA) is 63.8 Å². The molecule has 0 spiro atoms. The lowest BCUT2D eigenvalue weighted by molar-refractivity contribution is 0.441. The van der Waals surface area contributed by atoms with Gasteiger partial charge in [0.2, 0.25) is 0 Å². The molecule has 7 aromatic rings. The van der Waals surface area contributed by atoms with E-state index in [1.165, 1.54) is 22.3 Å². The minimum absolute atomic E-state index is 0.161. The summed E-state index contributed by atoms with van der Waals surface area (Å²) in [5.74, 6) is 0.762. The van der Waals surface area contributed by atoms with Crippen molar-refractivity contribution in [1.29, 1.82) is 0 Å². The molecule has 0 unspecified atom stereocenters. The van der Waals surface area contributed by atoms with E-state index in [1.54, 1.807) is 0 Å². The Labute approximate surface area is 301 Å². The number of nitrogens with zero attached hydrogens (tertiary/aromatic N) is 4. The van der Waals surface area contributed by atoms with Crippen LogP contribution in [0.25, 0.3) is 61.8 Å². The van der Waals surface area contributed by atoms with Gasteiger partial charge in [0.25, 0.3) is 0 Å². The zero-order valence-electron chi connectivity index (χ0n) is 31.1. The zero-order chi connectivity index (χ0) is 36.2. The summed E-state index contributed by atoms with van der Waals surface area (Å²) >= 11 is 0. The minimum Gasteiger partial charge on any atom is -0.505 e. The van der Waals surface area contributed by atoms with E-state index in [0.717, 1.165) is 55.9 Å². The number of hydrogen-bond acceptors (Lipinski definition) is 4. The maximum atomic E-state index is 12.0. The number of aromatic nitrogens is 4. The number of hydrogen-bond donors (Lipinski definition) is 1. The fourth-order valence-corrected chi connectivity index (χ4v) is 7.22. The standard InChI is InChI=1S/C46H46N4O/c1-28-22-29(2)40(30(3)23-28)33-25-31(24-32(26-33)37-19-13-14-21-47-37)35-18-15-20-38-41(35)49-44(50(38)34-16-11-10-12-17-34)42-43(51)36(45(4,5)6)27-39(48-42)46(7,8)9/h10-27,51H,1-9H3. The van der Waals surface area contributed by atoms with Crippen LogP contribution < -0.4 is 0 Å². The first-order valence-electron chi connectivity index (χ1n) is 17.7. The third-order valence-electron chi connectivity index (χ3n) is 9.65. The number of rotatable bonds is 5. The van der Waals surface area contributed by atoms with Gasteiger partial charge in [-0.05, 0) is 109 Å². The highest BCUT2D eigenvalue weighted by Gasteiger charge is 2.30. The maximum Gasteiger partial charge on any atom is 0.168 e. The van der Waals surface area contributed by atoms with Gasteiger partial charge in [-0.25, -0.2) is 9.97 Å². The van der Waals surface area contributed by atoms with E-state index >= 15 is 0 Å². The zero-order valence-corrected chi connectivity index (χ0v) is 31.1. The van der Waals surface area contributed by atoms with Crippen molar-refractivity contribution in [2.75, 3.05) is 0 Å². The molecule has 0 fully saturated rings. The second-order valence-corrected chi connectivity index (χ2v) is 15.8. The van der Waals surface area contributed by atoms with Crippen LogP contribution in [0.3, 0.4) is 0 Å². The molecule has 5 nitrogen and oxygen atoms in total. The van der Waals surface area contributed by atoms with Crippen molar-refractivity contribution in [2.24, 2.45) is 0 Å². The summed E-state index contributed by atoms with van der Waals surface area (Å²) in [4.78, 5) is 15.3. The Hall–Kier alpha value is -5.55. The quantitative estimate of drug-likeness (QED) is 0.198. The molecule has 0 aliphatic rings. The molecule has 0 aliphatic heterocycles. The summed E-state index contributed by atoms with van der Waals surface area (Å²) < 4.78 is 2.14. The molecule has 5 heteroatoms. The van der Waals surface area contributed by atoms with Crippen molar-refractivity contribution in [2.45, 2.75) is 73.1 Å². The molecule has 3 heterocycles. The summed E-state index contributed by atoms with van der Waals surface area (Å²) in [6.07, 6.45) is 1.84. The molecular formula is C46H46N4O. The molecule has 0 amide bonds. The lowest BCUT2D eigenvalue weighted by atomic mass is 9.82. The smallest absolute Gasteiger partial charge is 0.168 e. The van der Waals surface area contributed by atoms with Gasteiger partial charge in [0, 0.05) is 39.7 Å². The molecule has 7 rings (SSSR count). The summed E-state index contributed by atoms with van der Waals surface area (Å²) in [5, 5.41) is 12.0. The Kier molecular flexibility index (Phi) is 8.41. The summed E-state index contributed by atoms with van der Waals surface area (Å²) in [7, 11) is 0. The number of fused-ring (bicyclic) bond motifs is 1. The third-order valence-corrected chi connectivity index (χ3v) is 9.65. The van der Waals surface area contributed by atoms with Crippen LogP contribution in [0.4, 0.5) is 0 Å². The first kappa shape index (κ1) is 33.9. The van der Waals surface area contributed by atoms with Crippen molar-refractivity contribution in [1.82, 2.24) is 19.5 Å². The Balaban J connectivity index is 1.56.